The SMILES string of the molecule is COc1ccccc1N1CCN(CCc2ccc3c(c2)OCO3)CC1.Cl. The van der Waals surface area contributed by atoms with Gasteiger partial charge in [0.15, 0.2) is 11.5 Å². The Morgan fingerprint density at radius 2 is 1.73 bits per heavy atom. The average molecular weight is 377 g/mol. The number of fused-ring (bicyclic) bond motifs is 1. The van der Waals surface area contributed by atoms with E-state index in [1.807, 2.05) is 18.2 Å². The Labute approximate surface area is 160 Å². The Balaban J connectivity index is 0.00000196. The number of hydrogen-bond donors (Lipinski definition) is 0. The standard InChI is InChI=1S/C20H24N2O3.ClH/c1-23-18-5-3-2-4-17(18)22-12-10-21(11-13-22)9-8-16-6-7-19-20(14-16)25-15-24-19;/h2-7,14H,8-13,15H2,1H3;1H. The Hall–Kier alpha value is -2.11. The van der Waals surface area contributed by atoms with Gasteiger partial charge in [0.25, 0.3) is 0 Å². The summed E-state index contributed by atoms with van der Waals surface area (Å²) in [4.78, 5) is 4.94. The van der Waals surface area contributed by atoms with Crippen LogP contribution in [0.2, 0.25) is 0 Å². The summed E-state index contributed by atoms with van der Waals surface area (Å²) in [5.41, 5.74) is 2.50. The van der Waals surface area contributed by atoms with E-state index in [0.29, 0.717) is 6.79 Å². The van der Waals surface area contributed by atoms with Crippen LogP contribution in [0.4, 0.5) is 5.69 Å². The van der Waals surface area contributed by atoms with Crippen LogP contribution in [0.1, 0.15) is 5.56 Å². The van der Waals surface area contributed by atoms with Crippen molar-refractivity contribution < 1.29 is 14.2 Å². The molecule has 2 aliphatic heterocycles. The molecule has 0 atom stereocenters. The minimum atomic E-state index is 0. The van der Waals surface area contributed by atoms with Crippen molar-refractivity contribution in [3.63, 3.8) is 0 Å². The number of nitrogens with zero attached hydrogens (tertiary/aromatic N) is 2. The Morgan fingerprint density at radius 3 is 2.54 bits per heavy atom. The molecule has 0 aromatic heterocycles. The Kier molecular flexibility index (Phi) is 6.12. The molecule has 1 fully saturated rings. The van der Waals surface area contributed by atoms with E-state index < -0.39 is 0 Å². The Bertz CT molecular complexity index is 733. The van der Waals surface area contributed by atoms with Gasteiger partial charge in [-0.2, -0.15) is 0 Å². The number of para-hydroxylation sites is 2. The van der Waals surface area contributed by atoms with E-state index in [0.717, 1.165) is 56.4 Å². The van der Waals surface area contributed by atoms with Crippen LogP contribution in [0.15, 0.2) is 42.5 Å². The van der Waals surface area contributed by atoms with Crippen LogP contribution in [0, 0.1) is 0 Å². The summed E-state index contributed by atoms with van der Waals surface area (Å²) in [7, 11) is 1.74. The molecule has 1 saturated heterocycles. The molecule has 2 aromatic carbocycles. The fourth-order valence-electron chi connectivity index (χ4n) is 3.49. The van der Waals surface area contributed by atoms with Gasteiger partial charge in [-0.3, -0.25) is 4.90 Å². The predicted molar refractivity (Wildman–Crippen MR) is 105 cm³/mol. The van der Waals surface area contributed by atoms with Crippen molar-refractivity contribution in [2.45, 2.75) is 6.42 Å². The number of methoxy groups -OCH3 is 1. The monoisotopic (exact) mass is 376 g/mol. The van der Waals surface area contributed by atoms with Crippen molar-refractivity contribution in [2.75, 3.05) is 51.5 Å². The molecule has 0 spiro atoms. The highest BCUT2D eigenvalue weighted by molar-refractivity contribution is 5.85. The minimum Gasteiger partial charge on any atom is -0.495 e. The van der Waals surface area contributed by atoms with Gasteiger partial charge in [0.1, 0.15) is 5.75 Å². The zero-order valence-electron chi connectivity index (χ0n) is 15.0. The number of halogens is 1. The zero-order valence-corrected chi connectivity index (χ0v) is 15.8. The number of ether oxygens (including phenoxy) is 3. The van der Waals surface area contributed by atoms with Gasteiger partial charge in [-0.05, 0) is 36.2 Å². The van der Waals surface area contributed by atoms with Crippen LogP contribution in [0.5, 0.6) is 17.2 Å². The first-order valence-corrected chi connectivity index (χ1v) is 8.82. The molecule has 5 nitrogen and oxygen atoms in total. The molecule has 6 heteroatoms. The third-order valence-electron chi connectivity index (χ3n) is 4.95. The molecule has 26 heavy (non-hydrogen) atoms. The number of benzene rings is 2. The predicted octanol–water partition coefficient (Wildman–Crippen LogP) is 3.21. The second-order valence-electron chi connectivity index (χ2n) is 6.44. The largest absolute Gasteiger partial charge is 0.495 e. The summed E-state index contributed by atoms with van der Waals surface area (Å²) in [6.07, 6.45) is 1.03. The van der Waals surface area contributed by atoms with Gasteiger partial charge < -0.3 is 19.1 Å². The highest BCUT2D eigenvalue weighted by atomic mass is 35.5. The average Bonchev–Trinajstić information content (AvgIpc) is 3.14. The van der Waals surface area contributed by atoms with E-state index in [1.165, 1.54) is 11.3 Å². The van der Waals surface area contributed by atoms with Crippen LogP contribution < -0.4 is 19.1 Å². The molecule has 0 bridgehead atoms. The van der Waals surface area contributed by atoms with Gasteiger partial charge in [0.05, 0.1) is 12.8 Å². The lowest BCUT2D eigenvalue weighted by Gasteiger charge is -2.36. The van der Waals surface area contributed by atoms with Crippen molar-refractivity contribution in [1.29, 1.82) is 0 Å². The first-order valence-electron chi connectivity index (χ1n) is 8.82. The van der Waals surface area contributed by atoms with E-state index in [4.69, 9.17) is 14.2 Å². The van der Waals surface area contributed by atoms with Crippen LogP contribution in [0.3, 0.4) is 0 Å². The maximum Gasteiger partial charge on any atom is 0.231 e. The van der Waals surface area contributed by atoms with Crippen LogP contribution >= 0.6 is 12.4 Å². The fourth-order valence-corrected chi connectivity index (χ4v) is 3.49. The van der Waals surface area contributed by atoms with Crippen LogP contribution in [-0.4, -0.2) is 51.5 Å². The first kappa shape index (κ1) is 18.7. The van der Waals surface area contributed by atoms with Gasteiger partial charge in [-0.15, -0.1) is 12.4 Å². The molecule has 0 radical (unpaired) electrons. The lowest BCUT2D eigenvalue weighted by atomic mass is 10.1. The van der Waals surface area contributed by atoms with Gasteiger partial charge >= 0.3 is 0 Å². The number of anilines is 1. The zero-order chi connectivity index (χ0) is 17.1. The maximum absolute atomic E-state index is 5.49. The van der Waals surface area contributed by atoms with E-state index in [1.54, 1.807) is 7.11 Å². The normalized spacial score (nSPS) is 16.3. The molecule has 0 aliphatic carbocycles. The molecule has 2 aromatic rings. The quantitative estimate of drug-likeness (QED) is 0.800. The molecule has 4 rings (SSSR count). The topological polar surface area (TPSA) is 34.2 Å². The highest BCUT2D eigenvalue weighted by Crippen LogP contribution is 2.32. The first-order chi connectivity index (χ1) is 12.3. The van der Waals surface area contributed by atoms with Gasteiger partial charge in [-0.25, -0.2) is 0 Å². The van der Waals surface area contributed by atoms with Gasteiger partial charge in [0.2, 0.25) is 6.79 Å². The third kappa shape index (κ3) is 4.00. The molecular weight excluding hydrogens is 352 g/mol. The Morgan fingerprint density at radius 1 is 0.962 bits per heavy atom. The molecule has 2 aliphatic rings. The molecule has 140 valence electrons. The number of rotatable bonds is 5. The molecule has 0 saturated carbocycles. The van der Waals surface area contributed by atoms with E-state index in [-0.39, 0.29) is 12.4 Å². The number of piperazine rings is 1. The van der Waals surface area contributed by atoms with Crippen molar-refractivity contribution in [3.05, 3.63) is 48.0 Å². The summed E-state index contributed by atoms with van der Waals surface area (Å²) in [5, 5.41) is 0. The lowest BCUT2D eigenvalue weighted by molar-refractivity contribution is 0.174. The summed E-state index contributed by atoms with van der Waals surface area (Å²) >= 11 is 0. The summed E-state index contributed by atoms with van der Waals surface area (Å²) < 4.78 is 16.3. The van der Waals surface area contributed by atoms with E-state index in [9.17, 15) is 0 Å². The fraction of sp³-hybridized carbons (Fsp3) is 0.400. The van der Waals surface area contributed by atoms with Crippen LogP contribution in [0.25, 0.3) is 0 Å². The lowest BCUT2D eigenvalue weighted by Crippen LogP contribution is -2.47. The van der Waals surface area contributed by atoms with Crippen molar-refractivity contribution in [1.82, 2.24) is 4.90 Å². The minimum absolute atomic E-state index is 0. The van der Waals surface area contributed by atoms with E-state index in [2.05, 4.69) is 34.1 Å². The molecule has 0 unspecified atom stereocenters. The smallest absolute Gasteiger partial charge is 0.231 e. The summed E-state index contributed by atoms with van der Waals surface area (Å²) in [6, 6.07) is 14.5. The van der Waals surface area contributed by atoms with Gasteiger partial charge in [0, 0.05) is 32.7 Å². The third-order valence-corrected chi connectivity index (χ3v) is 4.95. The maximum atomic E-state index is 5.49. The van der Waals surface area contributed by atoms with Crippen molar-refractivity contribution >= 4 is 18.1 Å². The molecular formula is C20H25ClN2O3. The van der Waals surface area contributed by atoms with Crippen molar-refractivity contribution in [3.8, 4) is 17.2 Å². The molecule has 2 heterocycles. The van der Waals surface area contributed by atoms with Crippen molar-refractivity contribution in [2.24, 2.45) is 0 Å². The number of hydrogen-bond acceptors (Lipinski definition) is 5. The second-order valence-corrected chi connectivity index (χ2v) is 6.44. The summed E-state index contributed by atoms with van der Waals surface area (Å²) in [5.74, 6) is 2.68. The second kappa shape index (κ2) is 8.52. The highest BCUT2D eigenvalue weighted by Gasteiger charge is 2.19. The molecule has 0 amide bonds. The van der Waals surface area contributed by atoms with E-state index >= 15 is 0 Å². The summed E-state index contributed by atoms with van der Waals surface area (Å²) in [6.45, 7) is 5.61. The van der Waals surface area contributed by atoms with Crippen LogP contribution in [-0.2, 0) is 6.42 Å². The van der Waals surface area contributed by atoms with Gasteiger partial charge in [-0.1, -0.05) is 18.2 Å². The molecule has 0 N–H and O–H groups in total.